The summed E-state index contributed by atoms with van der Waals surface area (Å²) in [5.41, 5.74) is 0.556. The lowest BCUT2D eigenvalue weighted by atomic mass is 10.0. The molecule has 1 fully saturated rings. The van der Waals surface area contributed by atoms with Crippen molar-refractivity contribution in [3.05, 3.63) is 28.5 Å². The average Bonchev–Trinajstić information content (AvgIpc) is 2.45. The predicted octanol–water partition coefficient (Wildman–Crippen LogP) is 3.64. The van der Waals surface area contributed by atoms with E-state index >= 15 is 0 Å². The molecule has 0 aromatic heterocycles. The van der Waals surface area contributed by atoms with E-state index in [-0.39, 0.29) is 35.6 Å². The van der Waals surface area contributed by atoms with Crippen LogP contribution < -0.4 is 10.1 Å². The van der Waals surface area contributed by atoms with Crippen LogP contribution in [-0.2, 0) is 0 Å². The van der Waals surface area contributed by atoms with Crippen LogP contribution in [0, 0.1) is 5.82 Å². The van der Waals surface area contributed by atoms with E-state index in [1.54, 1.807) is 13.0 Å². The molecule has 0 aliphatic carbocycles. The molecule has 1 aliphatic heterocycles. The highest BCUT2D eigenvalue weighted by Gasteiger charge is 2.24. The van der Waals surface area contributed by atoms with E-state index in [0.717, 1.165) is 26.2 Å². The van der Waals surface area contributed by atoms with Gasteiger partial charge in [-0.15, -0.1) is 24.8 Å². The molecule has 0 saturated carbocycles. The maximum Gasteiger partial charge on any atom is 0.173 e. The molecular formula is C14H21Cl3F2N2O. The standard InChI is InChI=1S/C14H19ClF2N2O.2ClH/c1-2-20-14-11(15)7-10(8-12(14)17)13(9-16)19-5-3-18-4-6-19;;/h7-8,13,18H,2-6,9H2,1H3;2*1H/t13-;;/m1../s1. The molecule has 1 aliphatic rings. The van der Waals surface area contributed by atoms with E-state index in [1.165, 1.54) is 6.07 Å². The van der Waals surface area contributed by atoms with Crippen molar-refractivity contribution in [3.8, 4) is 5.75 Å². The molecule has 1 atom stereocenters. The van der Waals surface area contributed by atoms with Crippen molar-refractivity contribution in [1.82, 2.24) is 10.2 Å². The molecule has 0 spiro atoms. The zero-order chi connectivity index (χ0) is 14.5. The minimum absolute atomic E-state index is 0. The SMILES string of the molecule is CCOc1c(F)cc([C@@H](CF)N2CCNCC2)cc1Cl.Cl.Cl. The summed E-state index contributed by atoms with van der Waals surface area (Å²) < 4.78 is 32.5. The monoisotopic (exact) mass is 376 g/mol. The number of nitrogens with one attached hydrogen (secondary N) is 1. The van der Waals surface area contributed by atoms with Crippen molar-refractivity contribution in [3.63, 3.8) is 0 Å². The lowest BCUT2D eigenvalue weighted by Crippen LogP contribution is -2.45. The van der Waals surface area contributed by atoms with Crippen molar-refractivity contribution in [2.24, 2.45) is 0 Å². The lowest BCUT2D eigenvalue weighted by molar-refractivity contribution is 0.147. The Labute approximate surface area is 147 Å². The van der Waals surface area contributed by atoms with E-state index in [2.05, 4.69) is 5.32 Å². The summed E-state index contributed by atoms with van der Waals surface area (Å²) in [6.07, 6.45) is 0. The van der Waals surface area contributed by atoms with Crippen molar-refractivity contribution in [2.45, 2.75) is 13.0 Å². The number of hydrogen-bond donors (Lipinski definition) is 1. The Morgan fingerprint density at radius 3 is 2.45 bits per heavy atom. The molecule has 1 aromatic carbocycles. The third-order valence-electron chi connectivity index (χ3n) is 3.43. The van der Waals surface area contributed by atoms with Crippen molar-refractivity contribution in [1.29, 1.82) is 0 Å². The number of halogens is 5. The first kappa shape index (κ1) is 21.7. The maximum absolute atomic E-state index is 14.0. The predicted molar refractivity (Wildman–Crippen MR) is 90.2 cm³/mol. The number of rotatable bonds is 5. The molecule has 1 heterocycles. The maximum atomic E-state index is 14.0. The van der Waals surface area contributed by atoms with Crippen LogP contribution in [-0.4, -0.2) is 44.4 Å². The number of alkyl halides is 1. The minimum atomic E-state index is -0.566. The fourth-order valence-corrected chi connectivity index (χ4v) is 2.72. The van der Waals surface area contributed by atoms with Gasteiger partial charge in [0, 0.05) is 26.2 Å². The van der Waals surface area contributed by atoms with Crippen LogP contribution in [0.25, 0.3) is 0 Å². The van der Waals surface area contributed by atoms with Gasteiger partial charge < -0.3 is 10.1 Å². The molecule has 1 aromatic rings. The zero-order valence-electron chi connectivity index (χ0n) is 12.3. The Bertz CT molecular complexity index is 437. The van der Waals surface area contributed by atoms with Gasteiger partial charge >= 0.3 is 0 Å². The molecule has 8 heteroatoms. The fraction of sp³-hybridized carbons (Fsp3) is 0.571. The quantitative estimate of drug-likeness (QED) is 0.848. The molecule has 1 N–H and O–H groups in total. The van der Waals surface area contributed by atoms with Gasteiger partial charge in [-0.1, -0.05) is 11.6 Å². The highest BCUT2D eigenvalue weighted by Crippen LogP contribution is 2.33. The Hall–Kier alpha value is -0.330. The largest absolute Gasteiger partial charge is 0.489 e. The molecule has 2 rings (SSSR count). The van der Waals surface area contributed by atoms with Crippen LogP contribution in [0.15, 0.2) is 12.1 Å². The summed E-state index contributed by atoms with van der Waals surface area (Å²) >= 11 is 6.04. The number of ether oxygens (including phenoxy) is 1. The van der Waals surface area contributed by atoms with Gasteiger partial charge in [-0.2, -0.15) is 0 Å². The van der Waals surface area contributed by atoms with E-state index < -0.39 is 18.5 Å². The van der Waals surface area contributed by atoms with Gasteiger partial charge in [-0.25, -0.2) is 8.78 Å². The first-order valence-corrected chi connectivity index (χ1v) is 7.17. The third kappa shape index (κ3) is 5.10. The molecule has 1 saturated heterocycles. The van der Waals surface area contributed by atoms with E-state index in [0.29, 0.717) is 12.2 Å². The zero-order valence-corrected chi connectivity index (χ0v) is 14.7. The number of piperazine rings is 1. The summed E-state index contributed by atoms with van der Waals surface area (Å²) in [7, 11) is 0. The summed E-state index contributed by atoms with van der Waals surface area (Å²) in [5.74, 6) is -0.501. The second kappa shape index (κ2) is 10.4. The second-order valence-corrected chi connectivity index (χ2v) is 5.11. The van der Waals surface area contributed by atoms with Crippen LogP contribution in [0.5, 0.6) is 5.75 Å². The smallest absolute Gasteiger partial charge is 0.173 e. The second-order valence-electron chi connectivity index (χ2n) is 4.70. The molecule has 0 unspecified atom stereocenters. The molecule has 128 valence electrons. The van der Waals surface area contributed by atoms with Gasteiger partial charge in [0.2, 0.25) is 0 Å². The van der Waals surface area contributed by atoms with Gasteiger partial charge in [0.05, 0.1) is 17.7 Å². The van der Waals surface area contributed by atoms with Crippen LogP contribution >= 0.6 is 36.4 Å². The molecule has 0 radical (unpaired) electrons. The summed E-state index contributed by atoms with van der Waals surface area (Å²) in [5, 5.41) is 3.40. The highest BCUT2D eigenvalue weighted by atomic mass is 35.5. The minimum Gasteiger partial charge on any atom is -0.489 e. The van der Waals surface area contributed by atoms with Crippen molar-refractivity contribution in [2.75, 3.05) is 39.5 Å². The molecular weight excluding hydrogens is 357 g/mol. The normalized spacial score (nSPS) is 16.4. The summed E-state index contributed by atoms with van der Waals surface area (Å²) in [6, 6.07) is 2.46. The lowest BCUT2D eigenvalue weighted by Gasteiger charge is -2.33. The number of hydrogen-bond acceptors (Lipinski definition) is 3. The van der Waals surface area contributed by atoms with Gasteiger partial charge in [-0.3, -0.25) is 4.90 Å². The molecule has 0 bridgehead atoms. The Kier molecular flexibility index (Phi) is 10.3. The van der Waals surface area contributed by atoms with E-state index in [1.807, 2.05) is 4.90 Å². The summed E-state index contributed by atoms with van der Waals surface area (Å²) in [4.78, 5) is 2.00. The van der Waals surface area contributed by atoms with Crippen LogP contribution in [0.4, 0.5) is 8.78 Å². The average molecular weight is 378 g/mol. The van der Waals surface area contributed by atoms with E-state index in [4.69, 9.17) is 16.3 Å². The van der Waals surface area contributed by atoms with Crippen LogP contribution in [0.2, 0.25) is 5.02 Å². The van der Waals surface area contributed by atoms with Gasteiger partial charge in [0.15, 0.2) is 11.6 Å². The molecule has 3 nitrogen and oxygen atoms in total. The van der Waals surface area contributed by atoms with Gasteiger partial charge in [-0.05, 0) is 24.6 Å². The third-order valence-corrected chi connectivity index (χ3v) is 3.71. The number of nitrogens with zero attached hydrogens (tertiary/aromatic N) is 1. The Balaban J connectivity index is 0.00000220. The number of benzene rings is 1. The highest BCUT2D eigenvalue weighted by molar-refractivity contribution is 6.32. The van der Waals surface area contributed by atoms with E-state index in [9.17, 15) is 8.78 Å². The van der Waals surface area contributed by atoms with Crippen molar-refractivity contribution < 1.29 is 13.5 Å². The fourth-order valence-electron chi connectivity index (χ4n) is 2.45. The Morgan fingerprint density at radius 1 is 1.32 bits per heavy atom. The molecule has 0 amide bonds. The van der Waals surface area contributed by atoms with Crippen LogP contribution in [0.1, 0.15) is 18.5 Å². The molecule has 22 heavy (non-hydrogen) atoms. The first-order valence-electron chi connectivity index (χ1n) is 6.79. The first-order chi connectivity index (χ1) is 9.67. The topological polar surface area (TPSA) is 24.5 Å². The van der Waals surface area contributed by atoms with Gasteiger partial charge in [0.25, 0.3) is 0 Å². The summed E-state index contributed by atoms with van der Waals surface area (Å²) in [6.45, 7) is 4.62. The van der Waals surface area contributed by atoms with Gasteiger partial charge in [0.1, 0.15) is 6.67 Å². The van der Waals surface area contributed by atoms with Crippen molar-refractivity contribution >= 4 is 36.4 Å². The van der Waals surface area contributed by atoms with Crippen LogP contribution in [0.3, 0.4) is 0 Å². The Morgan fingerprint density at radius 2 is 1.95 bits per heavy atom.